The summed E-state index contributed by atoms with van der Waals surface area (Å²) in [6.45, 7) is 5.01. The third kappa shape index (κ3) is 3.60. The molecule has 0 aliphatic carbocycles. The van der Waals surface area contributed by atoms with Crippen molar-refractivity contribution in [2.75, 3.05) is 39.8 Å². The lowest BCUT2D eigenvalue weighted by atomic mass is 9.89. The zero-order valence-electron chi connectivity index (χ0n) is 17.3. The van der Waals surface area contributed by atoms with Gasteiger partial charge < -0.3 is 10.2 Å². The van der Waals surface area contributed by atoms with E-state index < -0.39 is 0 Å². The number of carbonyl (C=O) groups is 1. The van der Waals surface area contributed by atoms with Crippen LogP contribution in [0.2, 0.25) is 0 Å². The lowest BCUT2D eigenvalue weighted by molar-refractivity contribution is 0.0768. The number of nitrogens with zero attached hydrogens (tertiary/aromatic N) is 2. The van der Waals surface area contributed by atoms with Gasteiger partial charge in [-0.05, 0) is 68.1 Å². The van der Waals surface area contributed by atoms with E-state index in [0.717, 1.165) is 38.3 Å². The first-order valence-corrected chi connectivity index (χ1v) is 11.1. The molecule has 0 saturated carbocycles. The van der Waals surface area contributed by atoms with Crippen molar-refractivity contribution >= 4 is 5.91 Å². The summed E-state index contributed by atoms with van der Waals surface area (Å²) >= 11 is 0. The standard InChI is InChI=1S/C25H31N3O/c1-27-15-22-16-28(17-23(22)24(27)20-5-3-2-4-6-20)25(29)21-9-7-18(8-10-21)19-11-13-26-14-12-19/h2-10,19,22-24,26H,11-17H2,1H3/t22-,23+,24-/m0/s1. The molecule has 0 bridgehead atoms. The van der Waals surface area contributed by atoms with E-state index in [2.05, 4.69) is 76.8 Å². The third-order valence-electron chi connectivity index (χ3n) is 7.29. The first-order chi connectivity index (χ1) is 14.2. The molecule has 0 spiro atoms. The zero-order valence-corrected chi connectivity index (χ0v) is 17.3. The zero-order chi connectivity index (χ0) is 19.8. The van der Waals surface area contributed by atoms with Crippen molar-refractivity contribution in [3.8, 4) is 0 Å². The molecule has 1 N–H and O–H groups in total. The first-order valence-electron chi connectivity index (χ1n) is 11.1. The van der Waals surface area contributed by atoms with Crippen molar-refractivity contribution in [3.05, 3.63) is 71.3 Å². The normalized spacial score (nSPS) is 27.9. The van der Waals surface area contributed by atoms with Crippen LogP contribution in [0.15, 0.2) is 54.6 Å². The summed E-state index contributed by atoms with van der Waals surface area (Å²) in [6.07, 6.45) is 2.38. The molecule has 0 unspecified atom stereocenters. The molecule has 3 saturated heterocycles. The molecule has 0 radical (unpaired) electrons. The maximum absolute atomic E-state index is 13.2. The van der Waals surface area contributed by atoms with Crippen LogP contribution in [0.3, 0.4) is 0 Å². The van der Waals surface area contributed by atoms with Gasteiger partial charge in [-0.15, -0.1) is 0 Å². The predicted molar refractivity (Wildman–Crippen MR) is 116 cm³/mol. The molecule has 3 aliphatic heterocycles. The van der Waals surface area contributed by atoms with Crippen molar-refractivity contribution in [3.63, 3.8) is 0 Å². The second kappa shape index (κ2) is 7.92. The summed E-state index contributed by atoms with van der Waals surface area (Å²) in [4.78, 5) is 17.8. The number of rotatable bonds is 3. The highest BCUT2D eigenvalue weighted by Crippen LogP contribution is 2.44. The number of hydrogen-bond donors (Lipinski definition) is 1. The number of amides is 1. The van der Waals surface area contributed by atoms with Crippen LogP contribution in [-0.2, 0) is 0 Å². The lowest BCUT2D eigenvalue weighted by Gasteiger charge is -2.27. The number of nitrogens with one attached hydrogen (secondary N) is 1. The minimum absolute atomic E-state index is 0.200. The Hall–Kier alpha value is -2.17. The van der Waals surface area contributed by atoms with Crippen molar-refractivity contribution in [2.45, 2.75) is 24.8 Å². The Bertz CT molecular complexity index is 844. The maximum atomic E-state index is 13.2. The molecule has 3 heterocycles. The smallest absolute Gasteiger partial charge is 0.253 e. The Kier molecular flexibility index (Phi) is 5.15. The Balaban J connectivity index is 1.28. The highest BCUT2D eigenvalue weighted by atomic mass is 16.2. The molecule has 29 heavy (non-hydrogen) atoms. The summed E-state index contributed by atoms with van der Waals surface area (Å²) in [5.74, 6) is 1.93. The molecular weight excluding hydrogens is 358 g/mol. The van der Waals surface area contributed by atoms with Gasteiger partial charge in [0.15, 0.2) is 0 Å². The van der Waals surface area contributed by atoms with Gasteiger partial charge in [0, 0.05) is 37.2 Å². The van der Waals surface area contributed by atoms with Gasteiger partial charge in [-0.1, -0.05) is 42.5 Å². The highest BCUT2D eigenvalue weighted by molar-refractivity contribution is 5.94. The number of hydrogen-bond acceptors (Lipinski definition) is 3. The maximum Gasteiger partial charge on any atom is 0.253 e. The molecule has 2 aromatic rings. The van der Waals surface area contributed by atoms with Crippen LogP contribution in [0.25, 0.3) is 0 Å². The number of carbonyl (C=O) groups excluding carboxylic acids is 1. The molecule has 4 nitrogen and oxygen atoms in total. The fourth-order valence-corrected chi connectivity index (χ4v) is 5.81. The monoisotopic (exact) mass is 389 g/mol. The van der Waals surface area contributed by atoms with E-state index in [1.54, 1.807) is 0 Å². The lowest BCUT2D eigenvalue weighted by Crippen LogP contribution is -2.33. The summed E-state index contributed by atoms with van der Waals surface area (Å²) in [6, 6.07) is 19.7. The number of piperidine rings is 1. The molecule has 4 heteroatoms. The summed E-state index contributed by atoms with van der Waals surface area (Å²) in [5.41, 5.74) is 3.60. The van der Waals surface area contributed by atoms with Crippen LogP contribution in [0.4, 0.5) is 0 Å². The third-order valence-corrected chi connectivity index (χ3v) is 7.29. The van der Waals surface area contributed by atoms with E-state index in [9.17, 15) is 4.79 Å². The number of fused-ring (bicyclic) bond motifs is 1. The first kappa shape index (κ1) is 18.8. The fraction of sp³-hybridized carbons (Fsp3) is 0.480. The Labute approximate surface area is 173 Å². The largest absolute Gasteiger partial charge is 0.338 e. The molecular formula is C25H31N3O. The van der Waals surface area contributed by atoms with Gasteiger partial charge in [0.1, 0.15) is 0 Å². The SMILES string of the molecule is CN1C[C@H]2CN(C(=O)c3ccc(C4CCNCC4)cc3)C[C@H]2[C@@H]1c1ccccc1. The molecule has 152 valence electrons. The topological polar surface area (TPSA) is 35.6 Å². The molecule has 1 amide bonds. The molecule has 3 fully saturated rings. The minimum Gasteiger partial charge on any atom is -0.338 e. The second-order valence-corrected chi connectivity index (χ2v) is 9.08. The van der Waals surface area contributed by atoms with Crippen molar-refractivity contribution in [1.29, 1.82) is 0 Å². The summed E-state index contributed by atoms with van der Waals surface area (Å²) < 4.78 is 0. The van der Waals surface area contributed by atoms with Gasteiger partial charge in [-0.2, -0.15) is 0 Å². The van der Waals surface area contributed by atoms with Gasteiger partial charge in [-0.3, -0.25) is 9.69 Å². The van der Waals surface area contributed by atoms with Gasteiger partial charge in [0.2, 0.25) is 0 Å². The van der Waals surface area contributed by atoms with Gasteiger partial charge in [0.05, 0.1) is 0 Å². The number of likely N-dealkylation sites (tertiary alicyclic amines) is 2. The van der Waals surface area contributed by atoms with Gasteiger partial charge in [-0.25, -0.2) is 0 Å². The summed E-state index contributed by atoms with van der Waals surface area (Å²) in [5, 5.41) is 3.42. The Morgan fingerprint density at radius 2 is 1.62 bits per heavy atom. The fourth-order valence-electron chi connectivity index (χ4n) is 5.81. The van der Waals surface area contributed by atoms with Gasteiger partial charge >= 0.3 is 0 Å². The molecule has 5 rings (SSSR count). The van der Waals surface area contributed by atoms with Crippen LogP contribution < -0.4 is 5.32 Å². The van der Waals surface area contributed by atoms with Crippen LogP contribution in [0.1, 0.15) is 46.3 Å². The van der Waals surface area contributed by atoms with E-state index in [4.69, 9.17) is 0 Å². The predicted octanol–water partition coefficient (Wildman–Crippen LogP) is 3.53. The molecule has 0 aromatic heterocycles. The average molecular weight is 390 g/mol. The quantitative estimate of drug-likeness (QED) is 0.872. The Morgan fingerprint density at radius 3 is 2.34 bits per heavy atom. The van der Waals surface area contributed by atoms with E-state index in [0.29, 0.717) is 23.8 Å². The van der Waals surface area contributed by atoms with E-state index in [-0.39, 0.29) is 5.91 Å². The molecule has 3 atom stereocenters. The van der Waals surface area contributed by atoms with E-state index in [1.165, 1.54) is 24.0 Å². The minimum atomic E-state index is 0.200. The van der Waals surface area contributed by atoms with Crippen molar-refractivity contribution in [1.82, 2.24) is 15.1 Å². The van der Waals surface area contributed by atoms with Crippen LogP contribution >= 0.6 is 0 Å². The number of benzene rings is 2. The second-order valence-electron chi connectivity index (χ2n) is 9.08. The van der Waals surface area contributed by atoms with Crippen LogP contribution in [0, 0.1) is 11.8 Å². The average Bonchev–Trinajstić information content (AvgIpc) is 3.31. The Morgan fingerprint density at radius 1 is 0.897 bits per heavy atom. The van der Waals surface area contributed by atoms with E-state index >= 15 is 0 Å². The van der Waals surface area contributed by atoms with Crippen molar-refractivity contribution < 1.29 is 4.79 Å². The van der Waals surface area contributed by atoms with E-state index in [1.807, 2.05) is 0 Å². The van der Waals surface area contributed by atoms with Gasteiger partial charge in [0.25, 0.3) is 5.91 Å². The van der Waals surface area contributed by atoms with Crippen LogP contribution in [0.5, 0.6) is 0 Å². The summed E-state index contributed by atoms with van der Waals surface area (Å²) in [7, 11) is 2.22. The molecule has 3 aliphatic rings. The van der Waals surface area contributed by atoms with Crippen LogP contribution in [-0.4, -0.2) is 55.5 Å². The van der Waals surface area contributed by atoms with Crippen molar-refractivity contribution in [2.24, 2.45) is 11.8 Å². The molecule has 2 aromatic carbocycles. The highest BCUT2D eigenvalue weighted by Gasteiger charge is 2.47.